The molecule has 5 heteroatoms. The topological polar surface area (TPSA) is 50.9 Å². The van der Waals surface area contributed by atoms with E-state index in [1.165, 1.54) is 24.4 Å². The Balaban J connectivity index is 0.00000920. The van der Waals surface area contributed by atoms with Gasteiger partial charge in [-0.2, -0.15) is 0 Å². The zero-order chi connectivity index (χ0) is 60.8. The molecule has 0 saturated heterocycles. The summed E-state index contributed by atoms with van der Waals surface area (Å²) < 4.78 is 165. The number of imidazole rings is 1. The third kappa shape index (κ3) is 8.90. The fourth-order valence-corrected chi connectivity index (χ4v) is 8.01. The minimum atomic E-state index is -3.86. The largest absolute Gasteiger partial charge is 0.507 e. The van der Waals surface area contributed by atoms with Crippen LogP contribution >= 0.6 is 0 Å². The van der Waals surface area contributed by atoms with Gasteiger partial charge in [0.05, 0.1) is 22.1 Å². The van der Waals surface area contributed by atoms with Crippen molar-refractivity contribution < 1.29 is 52.2 Å². The molecule has 2 heterocycles. The van der Waals surface area contributed by atoms with Gasteiger partial charge in [-0.15, -0.1) is 23.8 Å². The molecule has 0 aliphatic carbocycles. The molecule has 9 rings (SSSR count). The van der Waals surface area contributed by atoms with Gasteiger partial charge >= 0.3 is 0 Å². The molecule has 0 saturated carbocycles. The number of aromatic hydroxyl groups is 1. The van der Waals surface area contributed by atoms with Gasteiger partial charge in [0.15, 0.2) is 0 Å². The first-order valence-corrected chi connectivity index (χ1v) is 20.9. The van der Waals surface area contributed by atoms with Crippen molar-refractivity contribution in [1.29, 1.82) is 0 Å². The van der Waals surface area contributed by atoms with Crippen molar-refractivity contribution in [3.05, 3.63) is 192 Å². The molecule has 9 aromatic rings. The molecule has 4 nitrogen and oxygen atoms in total. The SMILES string of the molecule is [2H]c1c([2H])c(C(C([2H])([2H])[2H])(C([2H])([2H])[2H])C([2H])([2H])[2H])c([2H])c([2H])c1-c1ccnc(-c2[c-]c(-c3cccc4c3nc(-c3cc(C(C)C)cc(C(C)C)c3O)n4-c3cc(-c4ccccc4)c(C([2H])([2H])[2H])c(C([2H])([2H])[2H])c3)cc(-c3ccccc3)c2)c1.[Pt]. The van der Waals surface area contributed by atoms with E-state index < -0.39 is 75.0 Å². The standard InChI is InChI=1S/C60H56N3O.Pt/c1-37(2)45-33-52(38(3)4)58(64)54(34-45)59-62-57-51(21-16-22-56(57)63(59)50-29-39(5)40(6)53(36-50)43-19-14-11-15-20-43)47-30-46(41-17-12-10-13-18-41)31-48(32-47)55-35-44(27-28-61-55)42-23-25-49(26-24-42)60(7,8)9;/h10-31,33-38,64H,1-9H3;/q-1;/i5D3,6D3,7D3,8D3,9D3,23D,24D,25D,26D;. The maximum Gasteiger partial charge on any atom is 0.148 e. The van der Waals surface area contributed by atoms with Crippen molar-refractivity contribution in [3.8, 4) is 78.6 Å². The van der Waals surface area contributed by atoms with Gasteiger partial charge in [-0.25, -0.2) is 4.98 Å². The van der Waals surface area contributed by atoms with E-state index in [9.17, 15) is 5.11 Å². The monoisotopic (exact) mass is 1050 g/mol. The summed E-state index contributed by atoms with van der Waals surface area (Å²) in [6.07, 6.45) is 1.34. The maximum atomic E-state index is 12.4. The molecule has 7 aromatic carbocycles. The summed E-state index contributed by atoms with van der Waals surface area (Å²) in [6, 6.07) is 36.0. The van der Waals surface area contributed by atoms with Crippen molar-refractivity contribution >= 4 is 11.0 Å². The summed E-state index contributed by atoms with van der Waals surface area (Å²) in [5.41, 5.74) is 0.187. The third-order valence-electron chi connectivity index (χ3n) is 11.4. The molecule has 0 bridgehead atoms. The van der Waals surface area contributed by atoms with Crippen molar-refractivity contribution in [2.45, 2.75) is 79.2 Å². The van der Waals surface area contributed by atoms with E-state index in [4.69, 9.17) is 31.0 Å². The molecule has 0 atom stereocenters. The summed E-state index contributed by atoms with van der Waals surface area (Å²) in [7, 11) is 0. The molecular formula is C60H56N3OPt-. The fourth-order valence-electron chi connectivity index (χ4n) is 8.01. The van der Waals surface area contributed by atoms with E-state index in [1.807, 2.05) is 82.3 Å². The second-order valence-corrected chi connectivity index (χ2v) is 16.5. The van der Waals surface area contributed by atoms with E-state index in [1.54, 1.807) is 59.2 Å². The van der Waals surface area contributed by atoms with E-state index in [0.29, 0.717) is 50.0 Å². The molecule has 328 valence electrons. The first-order valence-electron chi connectivity index (χ1n) is 30.4. The van der Waals surface area contributed by atoms with Gasteiger partial charge < -0.3 is 5.11 Å². The van der Waals surface area contributed by atoms with Gasteiger partial charge in [-0.3, -0.25) is 9.55 Å². The second-order valence-electron chi connectivity index (χ2n) is 16.5. The first-order chi connectivity index (χ1) is 38.6. The minimum absolute atomic E-state index is 0. The van der Waals surface area contributed by atoms with E-state index in [-0.39, 0.29) is 78.1 Å². The fraction of sp³-hybridized carbons (Fsp3) is 0.200. The van der Waals surface area contributed by atoms with Crippen LogP contribution < -0.4 is 0 Å². The van der Waals surface area contributed by atoms with Gasteiger partial charge in [0.1, 0.15) is 11.6 Å². The molecule has 0 fully saturated rings. The Morgan fingerprint density at radius 2 is 1.37 bits per heavy atom. The normalized spacial score (nSPS) is 16.9. The number of fused-ring (bicyclic) bond motifs is 1. The van der Waals surface area contributed by atoms with Crippen LogP contribution in [0.2, 0.25) is 0 Å². The molecule has 2 aromatic heterocycles. The quantitative estimate of drug-likeness (QED) is 0.147. The summed E-state index contributed by atoms with van der Waals surface area (Å²) in [6.45, 7) is -9.43. The number of rotatable bonds is 9. The van der Waals surface area contributed by atoms with Crippen molar-refractivity contribution in [3.63, 3.8) is 0 Å². The number of nitrogens with zero attached hydrogens (tertiary/aromatic N) is 3. The average Bonchev–Trinajstić information content (AvgIpc) is 4.01. The molecule has 0 aliphatic heterocycles. The predicted octanol–water partition coefficient (Wildman–Crippen LogP) is 16.1. The van der Waals surface area contributed by atoms with Crippen LogP contribution in [0.3, 0.4) is 0 Å². The number of aromatic nitrogens is 3. The van der Waals surface area contributed by atoms with Gasteiger partial charge in [0, 0.05) is 59.2 Å². The summed E-state index contributed by atoms with van der Waals surface area (Å²) >= 11 is 0. The zero-order valence-corrected chi connectivity index (χ0v) is 38.2. The number of benzene rings is 7. The van der Waals surface area contributed by atoms with E-state index in [2.05, 4.69) is 11.1 Å². The molecule has 0 aliphatic rings. The van der Waals surface area contributed by atoms with Gasteiger partial charge in [-0.1, -0.05) is 174 Å². The Labute approximate surface area is 426 Å². The predicted molar refractivity (Wildman–Crippen MR) is 268 cm³/mol. The summed E-state index contributed by atoms with van der Waals surface area (Å²) in [5.74, 6) is -0.0220. The van der Waals surface area contributed by atoms with E-state index in [0.717, 1.165) is 11.1 Å². The van der Waals surface area contributed by atoms with Crippen LogP contribution in [-0.4, -0.2) is 19.6 Å². The van der Waals surface area contributed by atoms with Crippen molar-refractivity contribution in [2.75, 3.05) is 0 Å². The molecule has 1 N–H and O–H groups in total. The Hall–Kier alpha value is -6.35. The van der Waals surface area contributed by atoms with Crippen molar-refractivity contribution in [2.24, 2.45) is 0 Å². The number of hydrogen-bond acceptors (Lipinski definition) is 3. The number of phenols is 1. The van der Waals surface area contributed by atoms with Crippen LogP contribution in [0, 0.1) is 19.8 Å². The Bertz CT molecular complexity index is 3910. The van der Waals surface area contributed by atoms with Gasteiger partial charge in [0.2, 0.25) is 0 Å². The van der Waals surface area contributed by atoms with Crippen LogP contribution in [0.4, 0.5) is 0 Å². The summed E-state index contributed by atoms with van der Waals surface area (Å²) in [4.78, 5) is 10.0. The number of phenolic OH excluding ortho intramolecular Hbond substituents is 1. The van der Waals surface area contributed by atoms with Crippen LogP contribution in [0.15, 0.2) is 158 Å². The number of para-hydroxylation sites is 1. The van der Waals surface area contributed by atoms with Crippen molar-refractivity contribution in [1.82, 2.24) is 14.5 Å². The Morgan fingerprint density at radius 1 is 0.646 bits per heavy atom. The average molecular weight is 1050 g/mol. The molecule has 0 radical (unpaired) electrons. The molecule has 65 heavy (non-hydrogen) atoms. The molecular weight excluding hydrogens is 974 g/mol. The molecule has 0 amide bonds. The molecule has 0 spiro atoms. The smallest absolute Gasteiger partial charge is 0.148 e. The van der Waals surface area contributed by atoms with Crippen LogP contribution in [-0.2, 0) is 26.5 Å². The minimum Gasteiger partial charge on any atom is -0.507 e. The van der Waals surface area contributed by atoms with Gasteiger partial charge in [-0.05, 0) is 117 Å². The first kappa shape index (κ1) is 27.2. The third-order valence-corrected chi connectivity index (χ3v) is 11.4. The number of aryl methyl sites for hydroxylation is 1. The number of pyridine rings is 1. The maximum absolute atomic E-state index is 12.4. The van der Waals surface area contributed by atoms with Gasteiger partial charge in [0.25, 0.3) is 0 Å². The van der Waals surface area contributed by atoms with E-state index >= 15 is 0 Å². The Morgan fingerprint density at radius 3 is 2.05 bits per heavy atom. The summed E-state index contributed by atoms with van der Waals surface area (Å²) in [5, 5.41) is 12.4. The Kier molecular flexibility index (Phi) is 7.64. The number of hydrogen-bond donors (Lipinski definition) is 1. The second kappa shape index (κ2) is 18.3. The van der Waals surface area contributed by atoms with Crippen LogP contribution in [0.25, 0.3) is 83.9 Å². The van der Waals surface area contributed by atoms with Crippen LogP contribution in [0.1, 0.15) is 114 Å². The zero-order valence-electron chi connectivity index (χ0n) is 55.0. The molecule has 0 unspecified atom stereocenters. The van der Waals surface area contributed by atoms with Crippen LogP contribution in [0.5, 0.6) is 5.75 Å².